The SMILES string of the molecule is CCCC[SiH](C)C. The quantitative estimate of drug-likeness (QED) is 0.496. The molecular formula is C6H16Si. The average Bonchev–Trinajstić information content (AvgIpc) is 1.61. The summed E-state index contributed by atoms with van der Waals surface area (Å²) in [5, 5.41) is 0. The normalized spacial score (nSPS) is 10.3. The minimum absolute atomic E-state index is 0.188. The van der Waals surface area contributed by atoms with Crippen molar-refractivity contribution in [3.63, 3.8) is 0 Å². The Labute approximate surface area is 48.5 Å². The standard InChI is InChI=1S/C6H16Si/c1-4-5-6-7(2)3/h7H,4-6H2,1-3H3. The Morgan fingerprint density at radius 2 is 1.86 bits per heavy atom. The lowest BCUT2D eigenvalue weighted by molar-refractivity contribution is 0.875. The summed E-state index contributed by atoms with van der Waals surface area (Å²) in [6.45, 7) is 7.09. The Morgan fingerprint density at radius 1 is 1.29 bits per heavy atom. The molecule has 0 bridgehead atoms. The Morgan fingerprint density at radius 3 is 2.00 bits per heavy atom. The molecule has 0 rings (SSSR count). The van der Waals surface area contributed by atoms with Gasteiger partial charge >= 0.3 is 0 Å². The van der Waals surface area contributed by atoms with Crippen LogP contribution in [0.1, 0.15) is 19.8 Å². The molecule has 0 aliphatic rings. The number of rotatable bonds is 3. The summed E-state index contributed by atoms with van der Waals surface area (Å²) in [6.07, 6.45) is 2.84. The zero-order valence-corrected chi connectivity index (χ0v) is 6.85. The van der Waals surface area contributed by atoms with Gasteiger partial charge < -0.3 is 0 Å². The Kier molecular flexibility index (Phi) is 4.51. The molecule has 0 N–H and O–H groups in total. The van der Waals surface area contributed by atoms with Crippen LogP contribution < -0.4 is 0 Å². The van der Waals surface area contributed by atoms with E-state index in [1.807, 2.05) is 0 Å². The van der Waals surface area contributed by atoms with E-state index in [9.17, 15) is 0 Å². The van der Waals surface area contributed by atoms with Gasteiger partial charge in [-0.15, -0.1) is 0 Å². The highest BCUT2D eigenvalue weighted by Gasteiger charge is 1.90. The zero-order valence-electron chi connectivity index (χ0n) is 5.70. The van der Waals surface area contributed by atoms with Crippen LogP contribution in [0.15, 0.2) is 0 Å². The monoisotopic (exact) mass is 116 g/mol. The highest BCUT2D eigenvalue weighted by Crippen LogP contribution is 1.98. The first-order chi connectivity index (χ1) is 3.27. The summed E-state index contributed by atoms with van der Waals surface area (Å²) >= 11 is 0. The van der Waals surface area contributed by atoms with Gasteiger partial charge in [-0.25, -0.2) is 0 Å². The first-order valence-corrected chi connectivity index (χ1v) is 6.40. The summed E-state index contributed by atoms with van der Waals surface area (Å²) in [4.78, 5) is 0. The van der Waals surface area contributed by atoms with E-state index >= 15 is 0 Å². The maximum atomic E-state index is 2.41. The van der Waals surface area contributed by atoms with E-state index in [4.69, 9.17) is 0 Å². The van der Waals surface area contributed by atoms with E-state index in [0.717, 1.165) is 0 Å². The van der Waals surface area contributed by atoms with Crippen LogP contribution in [0.3, 0.4) is 0 Å². The predicted octanol–water partition coefficient (Wildman–Crippen LogP) is 2.27. The first-order valence-electron chi connectivity index (χ1n) is 3.27. The van der Waals surface area contributed by atoms with Crippen LogP contribution in [0, 0.1) is 0 Å². The van der Waals surface area contributed by atoms with Crippen LogP contribution in [0.2, 0.25) is 19.1 Å². The second-order valence-electron chi connectivity index (χ2n) is 2.54. The fourth-order valence-electron chi connectivity index (χ4n) is 0.612. The van der Waals surface area contributed by atoms with Gasteiger partial charge in [0.1, 0.15) is 0 Å². The van der Waals surface area contributed by atoms with E-state index in [2.05, 4.69) is 20.0 Å². The molecular weight excluding hydrogens is 100 g/mol. The van der Waals surface area contributed by atoms with Crippen molar-refractivity contribution in [3.05, 3.63) is 0 Å². The zero-order chi connectivity index (χ0) is 5.70. The van der Waals surface area contributed by atoms with Gasteiger partial charge in [-0.2, -0.15) is 0 Å². The molecule has 0 aliphatic heterocycles. The van der Waals surface area contributed by atoms with Gasteiger partial charge in [0.25, 0.3) is 0 Å². The molecule has 0 saturated carbocycles. The average molecular weight is 116 g/mol. The highest BCUT2D eigenvalue weighted by molar-refractivity contribution is 6.55. The maximum absolute atomic E-state index is 2.41. The van der Waals surface area contributed by atoms with Crippen molar-refractivity contribution in [1.82, 2.24) is 0 Å². The van der Waals surface area contributed by atoms with Gasteiger partial charge in [0, 0.05) is 8.80 Å². The van der Waals surface area contributed by atoms with Gasteiger partial charge in [-0.05, 0) is 0 Å². The Hall–Kier alpha value is 0.217. The first kappa shape index (κ1) is 7.22. The van der Waals surface area contributed by atoms with Crippen LogP contribution in [-0.4, -0.2) is 8.80 Å². The minimum atomic E-state index is -0.188. The molecule has 0 radical (unpaired) electrons. The fraction of sp³-hybridized carbons (Fsp3) is 1.00. The summed E-state index contributed by atoms with van der Waals surface area (Å²) in [7, 11) is -0.188. The summed E-state index contributed by atoms with van der Waals surface area (Å²) < 4.78 is 0. The van der Waals surface area contributed by atoms with Crippen molar-refractivity contribution >= 4 is 8.80 Å². The van der Waals surface area contributed by atoms with Gasteiger partial charge in [-0.1, -0.05) is 38.9 Å². The van der Waals surface area contributed by atoms with E-state index in [1.54, 1.807) is 0 Å². The molecule has 0 aliphatic carbocycles. The van der Waals surface area contributed by atoms with Crippen LogP contribution in [-0.2, 0) is 0 Å². The van der Waals surface area contributed by atoms with E-state index in [-0.39, 0.29) is 8.80 Å². The molecule has 0 aromatic carbocycles. The van der Waals surface area contributed by atoms with Gasteiger partial charge in [-0.3, -0.25) is 0 Å². The third-order valence-corrected chi connectivity index (χ3v) is 2.70. The third-order valence-electron chi connectivity index (χ3n) is 1.14. The van der Waals surface area contributed by atoms with Crippen LogP contribution in [0.5, 0.6) is 0 Å². The Balaban J connectivity index is 2.68. The second-order valence-corrected chi connectivity index (χ2v) is 5.90. The predicted molar refractivity (Wildman–Crippen MR) is 38.6 cm³/mol. The Bertz CT molecular complexity index is 33.2. The molecule has 0 saturated heterocycles. The molecule has 0 aromatic rings. The van der Waals surface area contributed by atoms with Crippen LogP contribution >= 0.6 is 0 Å². The third kappa shape index (κ3) is 6.22. The minimum Gasteiger partial charge on any atom is -0.0722 e. The van der Waals surface area contributed by atoms with Crippen molar-refractivity contribution in [1.29, 1.82) is 0 Å². The highest BCUT2D eigenvalue weighted by atomic mass is 28.3. The van der Waals surface area contributed by atoms with Gasteiger partial charge in [0.2, 0.25) is 0 Å². The molecule has 7 heavy (non-hydrogen) atoms. The summed E-state index contributed by atoms with van der Waals surface area (Å²) in [6, 6.07) is 1.54. The summed E-state index contributed by atoms with van der Waals surface area (Å²) in [5.41, 5.74) is 0. The molecule has 0 unspecified atom stereocenters. The second kappa shape index (κ2) is 4.38. The lowest BCUT2D eigenvalue weighted by Crippen LogP contribution is -1.96. The van der Waals surface area contributed by atoms with Crippen LogP contribution in [0.4, 0.5) is 0 Å². The molecule has 0 nitrogen and oxygen atoms in total. The van der Waals surface area contributed by atoms with E-state index in [0.29, 0.717) is 0 Å². The van der Waals surface area contributed by atoms with Crippen LogP contribution in [0.25, 0.3) is 0 Å². The van der Waals surface area contributed by atoms with Gasteiger partial charge in [0.15, 0.2) is 0 Å². The lowest BCUT2D eigenvalue weighted by Gasteiger charge is -1.97. The molecule has 0 heterocycles. The van der Waals surface area contributed by atoms with E-state index < -0.39 is 0 Å². The topological polar surface area (TPSA) is 0 Å². The molecule has 0 spiro atoms. The van der Waals surface area contributed by atoms with Crippen molar-refractivity contribution in [2.45, 2.75) is 38.9 Å². The largest absolute Gasteiger partial charge is 0.0722 e. The molecule has 0 atom stereocenters. The van der Waals surface area contributed by atoms with Crippen molar-refractivity contribution in [2.24, 2.45) is 0 Å². The molecule has 0 amide bonds. The van der Waals surface area contributed by atoms with Crippen molar-refractivity contribution in [3.8, 4) is 0 Å². The molecule has 0 aromatic heterocycles. The maximum Gasteiger partial charge on any atom is 0.0305 e. The number of hydrogen-bond acceptors (Lipinski definition) is 0. The molecule has 1 heteroatoms. The van der Waals surface area contributed by atoms with Crippen molar-refractivity contribution in [2.75, 3.05) is 0 Å². The van der Waals surface area contributed by atoms with E-state index in [1.165, 1.54) is 18.9 Å². The molecule has 0 fully saturated rings. The van der Waals surface area contributed by atoms with Crippen molar-refractivity contribution < 1.29 is 0 Å². The van der Waals surface area contributed by atoms with Gasteiger partial charge in [0.05, 0.1) is 0 Å². The fourth-order valence-corrected chi connectivity index (χ4v) is 1.84. The lowest BCUT2D eigenvalue weighted by atomic mass is 10.4. The number of unbranched alkanes of at least 4 members (excludes halogenated alkanes) is 1. The summed E-state index contributed by atoms with van der Waals surface area (Å²) in [5.74, 6) is 0. The smallest absolute Gasteiger partial charge is 0.0305 e. The number of hydrogen-bond donors (Lipinski definition) is 0. The molecule has 44 valence electrons.